The molecule has 6 nitrogen and oxygen atoms in total. The van der Waals surface area contributed by atoms with Crippen molar-refractivity contribution in [1.29, 1.82) is 0 Å². The lowest BCUT2D eigenvalue weighted by Crippen LogP contribution is -2.39. The zero-order valence-electron chi connectivity index (χ0n) is 18.0. The van der Waals surface area contributed by atoms with Gasteiger partial charge >= 0.3 is 6.18 Å². The maximum absolute atomic E-state index is 13.1. The quantitative estimate of drug-likeness (QED) is 0.260. The van der Waals surface area contributed by atoms with Crippen molar-refractivity contribution in [2.75, 3.05) is 0 Å². The Balaban J connectivity index is 0.00000363. The van der Waals surface area contributed by atoms with Crippen molar-refractivity contribution in [1.82, 2.24) is 25.4 Å². The standard InChI is InChI=1S/C22H25F3N6.HI/c1-15(18-10-7-11-19(12-18)22(23,24)25)28-21(26-13-17-8-5-4-6-9-17)27-14-20-30-29-16(2)31(20)3;/h4-12,15H,13-14H2,1-3H3,(H2,26,27,28);1H. The van der Waals surface area contributed by atoms with E-state index in [9.17, 15) is 13.2 Å². The van der Waals surface area contributed by atoms with Gasteiger partial charge in [0.25, 0.3) is 0 Å². The highest BCUT2D eigenvalue weighted by atomic mass is 127. The summed E-state index contributed by atoms with van der Waals surface area (Å²) in [7, 11) is 1.87. The summed E-state index contributed by atoms with van der Waals surface area (Å²) in [6.07, 6.45) is -4.39. The Morgan fingerprint density at radius 1 is 1.09 bits per heavy atom. The van der Waals surface area contributed by atoms with Crippen molar-refractivity contribution in [3.8, 4) is 0 Å². The molecule has 3 aromatic rings. The molecule has 0 amide bonds. The number of halogens is 4. The first-order valence-corrected chi connectivity index (χ1v) is 9.85. The van der Waals surface area contributed by atoms with Crippen LogP contribution in [0.2, 0.25) is 0 Å². The van der Waals surface area contributed by atoms with E-state index in [-0.39, 0.29) is 24.0 Å². The third-order valence-corrected chi connectivity index (χ3v) is 4.93. The van der Waals surface area contributed by atoms with Crippen LogP contribution in [0.4, 0.5) is 13.2 Å². The van der Waals surface area contributed by atoms with Gasteiger partial charge in [-0.15, -0.1) is 34.2 Å². The lowest BCUT2D eigenvalue weighted by molar-refractivity contribution is -0.137. The maximum atomic E-state index is 13.1. The largest absolute Gasteiger partial charge is 0.416 e. The number of alkyl halides is 3. The first-order chi connectivity index (χ1) is 14.7. The van der Waals surface area contributed by atoms with Crippen LogP contribution < -0.4 is 10.6 Å². The third-order valence-electron chi connectivity index (χ3n) is 4.93. The number of aliphatic imine (C=N–C) groups is 1. The van der Waals surface area contributed by atoms with E-state index in [2.05, 4.69) is 25.8 Å². The molecule has 2 N–H and O–H groups in total. The first kappa shape index (κ1) is 25.6. The molecule has 1 heterocycles. The lowest BCUT2D eigenvalue weighted by atomic mass is 10.1. The number of nitrogens with one attached hydrogen (secondary N) is 2. The Hall–Kier alpha value is -2.63. The highest BCUT2D eigenvalue weighted by molar-refractivity contribution is 14.0. The fourth-order valence-electron chi connectivity index (χ4n) is 2.95. The molecule has 1 atom stereocenters. The van der Waals surface area contributed by atoms with Gasteiger partial charge in [0, 0.05) is 7.05 Å². The SMILES string of the molecule is Cc1nnc(CNC(=NCc2ccccc2)NC(C)c2cccc(C(F)(F)F)c2)n1C.I. The summed E-state index contributed by atoms with van der Waals surface area (Å²) in [6, 6.07) is 14.6. The van der Waals surface area contributed by atoms with Gasteiger partial charge in [-0.2, -0.15) is 13.2 Å². The van der Waals surface area contributed by atoms with Gasteiger partial charge in [-0.05, 0) is 37.1 Å². The van der Waals surface area contributed by atoms with Crippen LogP contribution in [-0.2, 0) is 26.3 Å². The summed E-state index contributed by atoms with van der Waals surface area (Å²) in [5, 5.41) is 14.6. The van der Waals surface area contributed by atoms with Crippen LogP contribution in [-0.4, -0.2) is 20.7 Å². The molecule has 0 saturated carbocycles. The van der Waals surface area contributed by atoms with E-state index < -0.39 is 17.8 Å². The minimum absolute atomic E-state index is 0. The molecular formula is C22H26F3IN6. The molecule has 2 aromatic carbocycles. The van der Waals surface area contributed by atoms with Gasteiger partial charge in [0.15, 0.2) is 11.8 Å². The molecule has 32 heavy (non-hydrogen) atoms. The summed E-state index contributed by atoms with van der Waals surface area (Å²) < 4.78 is 41.1. The molecule has 172 valence electrons. The smallest absolute Gasteiger partial charge is 0.350 e. The second kappa shape index (κ2) is 11.3. The van der Waals surface area contributed by atoms with Crippen molar-refractivity contribution >= 4 is 29.9 Å². The molecule has 1 unspecified atom stereocenters. The van der Waals surface area contributed by atoms with Crippen molar-refractivity contribution in [2.45, 2.75) is 39.2 Å². The molecular weight excluding hydrogens is 532 g/mol. The first-order valence-electron chi connectivity index (χ1n) is 9.85. The van der Waals surface area contributed by atoms with E-state index in [1.54, 1.807) is 13.0 Å². The zero-order valence-corrected chi connectivity index (χ0v) is 20.3. The Bertz CT molecular complexity index is 1030. The highest BCUT2D eigenvalue weighted by Crippen LogP contribution is 2.30. The van der Waals surface area contributed by atoms with Crippen LogP contribution in [0.3, 0.4) is 0 Å². The highest BCUT2D eigenvalue weighted by Gasteiger charge is 2.30. The number of nitrogens with zero attached hydrogens (tertiary/aromatic N) is 4. The molecule has 0 bridgehead atoms. The topological polar surface area (TPSA) is 67.1 Å². The molecule has 0 radical (unpaired) electrons. The maximum Gasteiger partial charge on any atom is 0.416 e. The fraction of sp³-hybridized carbons (Fsp3) is 0.318. The monoisotopic (exact) mass is 558 g/mol. The van der Waals surface area contributed by atoms with Gasteiger partial charge in [0.1, 0.15) is 5.82 Å². The molecule has 0 fully saturated rings. The number of rotatable bonds is 6. The predicted molar refractivity (Wildman–Crippen MR) is 129 cm³/mol. The molecule has 0 aliphatic rings. The Morgan fingerprint density at radius 3 is 2.44 bits per heavy atom. The van der Waals surface area contributed by atoms with Gasteiger partial charge in [0.2, 0.25) is 0 Å². The number of hydrogen-bond donors (Lipinski definition) is 2. The fourth-order valence-corrected chi connectivity index (χ4v) is 2.95. The van der Waals surface area contributed by atoms with Crippen LogP contribution >= 0.6 is 24.0 Å². The van der Waals surface area contributed by atoms with Crippen LogP contribution in [0.15, 0.2) is 59.6 Å². The van der Waals surface area contributed by atoms with Crippen LogP contribution in [0.5, 0.6) is 0 Å². The third kappa shape index (κ3) is 6.94. The average molecular weight is 558 g/mol. The number of hydrogen-bond acceptors (Lipinski definition) is 3. The van der Waals surface area contributed by atoms with Crippen LogP contribution in [0.25, 0.3) is 0 Å². The van der Waals surface area contributed by atoms with Crippen molar-refractivity contribution in [3.63, 3.8) is 0 Å². The van der Waals surface area contributed by atoms with E-state index in [1.807, 2.05) is 48.9 Å². The van der Waals surface area contributed by atoms with E-state index >= 15 is 0 Å². The van der Waals surface area contributed by atoms with E-state index in [0.29, 0.717) is 24.6 Å². The van der Waals surface area contributed by atoms with Crippen molar-refractivity contribution < 1.29 is 13.2 Å². The normalized spacial score (nSPS) is 12.8. The molecule has 0 saturated heterocycles. The molecule has 3 rings (SSSR count). The van der Waals surface area contributed by atoms with Crippen LogP contribution in [0, 0.1) is 6.92 Å². The molecule has 10 heteroatoms. The minimum atomic E-state index is -4.39. The molecule has 0 aliphatic carbocycles. The number of guanidine groups is 1. The van der Waals surface area contributed by atoms with Gasteiger partial charge in [-0.25, -0.2) is 4.99 Å². The predicted octanol–water partition coefficient (Wildman–Crippen LogP) is 4.76. The summed E-state index contributed by atoms with van der Waals surface area (Å²) >= 11 is 0. The van der Waals surface area contributed by atoms with Crippen molar-refractivity contribution in [3.05, 3.63) is 82.9 Å². The summed E-state index contributed by atoms with van der Waals surface area (Å²) in [6.45, 7) is 4.44. The second-order valence-corrected chi connectivity index (χ2v) is 7.22. The van der Waals surface area contributed by atoms with E-state index in [0.717, 1.165) is 29.3 Å². The Kier molecular flexibility index (Phi) is 9.05. The molecule has 0 spiro atoms. The summed E-state index contributed by atoms with van der Waals surface area (Å²) in [5.74, 6) is 1.97. The summed E-state index contributed by atoms with van der Waals surface area (Å²) in [5.41, 5.74) is 0.854. The number of benzene rings is 2. The number of aromatic nitrogens is 3. The van der Waals surface area contributed by atoms with E-state index in [4.69, 9.17) is 0 Å². The van der Waals surface area contributed by atoms with E-state index in [1.165, 1.54) is 6.07 Å². The molecule has 1 aromatic heterocycles. The number of aryl methyl sites for hydroxylation is 1. The lowest BCUT2D eigenvalue weighted by Gasteiger charge is -2.20. The zero-order chi connectivity index (χ0) is 22.4. The second-order valence-electron chi connectivity index (χ2n) is 7.22. The van der Waals surface area contributed by atoms with Gasteiger partial charge < -0.3 is 15.2 Å². The summed E-state index contributed by atoms with van der Waals surface area (Å²) in [4.78, 5) is 4.60. The van der Waals surface area contributed by atoms with Crippen LogP contribution in [0.1, 0.15) is 41.3 Å². The van der Waals surface area contributed by atoms with Crippen molar-refractivity contribution in [2.24, 2.45) is 12.0 Å². The minimum Gasteiger partial charge on any atom is -0.350 e. The average Bonchev–Trinajstić information content (AvgIpc) is 3.08. The van der Waals surface area contributed by atoms with Gasteiger partial charge in [-0.3, -0.25) is 0 Å². The molecule has 0 aliphatic heterocycles. The Labute approximate surface area is 202 Å². The van der Waals surface area contributed by atoms with Gasteiger partial charge in [-0.1, -0.05) is 42.5 Å². The Morgan fingerprint density at radius 2 is 1.81 bits per heavy atom. The van der Waals surface area contributed by atoms with Gasteiger partial charge in [0.05, 0.1) is 24.7 Å².